The monoisotopic (exact) mass is 338 g/mol. The summed E-state index contributed by atoms with van der Waals surface area (Å²) in [6.45, 7) is 3.43. The van der Waals surface area contributed by atoms with Crippen molar-refractivity contribution in [1.29, 1.82) is 0 Å². The van der Waals surface area contributed by atoms with Gasteiger partial charge in [-0.25, -0.2) is 8.42 Å². The summed E-state index contributed by atoms with van der Waals surface area (Å²) in [5.41, 5.74) is 5.39. The third kappa shape index (κ3) is 3.21. The maximum absolute atomic E-state index is 12.3. The molecule has 0 radical (unpaired) electrons. The zero-order valence-corrected chi connectivity index (χ0v) is 12.1. The number of hydrogen-bond acceptors (Lipinski definition) is 5. The van der Waals surface area contributed by atoms with Gasteiger partial charge in [0.1, 0.15) is 10.7 Å². The van der Waals surface area contributed by atoms with Gasteiger partial charge in [0, 0.05) is 19.2 Å². The van der Waals surface area contributed by atoms with Crippen LogP contribution in [-0.2, 0) is 16.6 Å². The van der Waals surface area contributed by atoms with Gasteiger partial charge in [0.25, 0.3) is 0 Å². The van der Waals surface area contributed by atoms with E-state index in [1.54, 1.807) is 0 Å². The van der Waals surface area contributed by atoms with Gasteiger partial charge in [-0.15, -0.1) is 6.58 Å². The van der Waals surface area contributed by atoms with Crippen LogP contribution in [0.5, 0.6) is 0 Å². The molecule has 0 atom stereocenters. The SMILES string of the molecule is C=CCN(CCO)S(=O)(=O)c1cc(CN)oc1Br. The quantitative estimate of drug-likeness (QED) is 0.712. The van der Waals surface area contributed by atoms with E-state index in [0.29, 0.717) is 5.76 Å². The van der Waals surface area contributed by atoms with Crippen LogP contribution in [-0.4, -0.2) is 37.5 Å². The lowest BCUT2D eigenvalue weighted by molar-refractivity contribution is 0.260. The smallest absolute Gasteiger partial charge is 0.247 e. The fourth-order valence-electron chi connectivity index (χ4n) is 1.38. The number of hydrogen-bond donors (Lipinski definition) is 2. The fourth-order valence-corrected chi connectivity index (χ4v) is 3.74. The lowest BCUT2D eigenvalue weighted by Gasteiger charge is -2.18. The molecule has 0 amide bonds. The Balaban J connectivity index is 3.16. The topological polar surface area (TPSA) is 96.8 Å². The lowest BCUT2D eigenvalue weighted by atomic mass is 10.5. The Hall–Kier alpha value is -0.670. The van der Waals surface area contributed by atoms with Gasteiger partial charge in [0.05, 0.1) is 13.2 Å². The summed E-state index contributed by atoms with van der Waals surface area (Å²) < 4.78 is 31.0. The van der Waals surface area contributed by atoms with Crippen molar-refractivity contribution in [2.45, 2.75) is 11.4 Å². The van der Waals surface area contributed by atoms with E-state index in [1.807, 2.05) is 0 Å². The Labute approximate surface area is 114 Å². The summed E-state index contributed by atoms with van der Waals surface area (Å²) in [5.74, 6) is 0.364. The average molecular weight is 339 g/mol. The number of aliphatic hydroxyl groups is 1. The van der Waals surface area contributed by atoms with Crippen molar-refractivity contribution in [3.8, 4) is 0 Å². The molecular weight excluding hydrogens is 324 g/mol. The summed E-state index contributed by atoms with van der Waals surface area (Å²) in [6.07, 6.45) is 1.45. The van der Waals surface area contributed by atoms with Crippen molar-refractivity contribution in [3.63, 3.8) is 0 Å². The minimum absolute atomic E-state index is 0.00162. The Morgan fingerprint density at radius 3 is 2.72 bits per heavy atom. The van der Waals surface area contributed by atoms with Crippen LogP contribution >= 0.6 is 15.9 Å². The molecule has 8 heteroatoms. The Morgan fingerprint density at radius 2 is 2.28 bits per heavy atom. The normalized spacial score (nSPS) is 12.0. The van der Waals surface area contributed by atoms with Crippen LogP contribution in [0.2, 0.25) is 0 Å². The first-order chi connectivity index (χ1) is 8.47. The molecule has 0 aromatic carbocycles. The molecule has 0 saturated heterocycles. The molecule has 0 bridgehead atoms. The van der Waals surface area contributed by atoms with E-state index in [2.05, 4.69) is 22.5 Å². The molecule has 0 aliphatic carbocycles. The number of sulfonamides is 1. The van der Waals surface area contributed by atoms with Crippen LogP contribution in [0.3, 0.4) is 0 Å². The highest BCUT2D eigenvalue weighted by Gasteiger charge is 2.28. The second kappa shape index (κ2) is 6.48. The molecule has 6 nitrogen and oxygen atoms in total. The van der Waals surface area contributed by atoms with E-state index in [9.17, 15) is 8.42 Å². The van der Waals surface area contributed by atoms with E-state index in [0.717, 1.165) is 4.31 Å². The van der Waals surface area contributed by atoms with Crippen molar-refractivity contribution in [2.75, 3.05) is 19.7 Å². The van der Waals surface area contributed by atoms with Gasteiger partial charge in [0.15, 0.2) is 4.67 Å². The molecule has 18 heavy (non-hydrogen) atoms. The predicted octanol–water partition coefficient (Wildman–Crippen LogP) is 0.670. The van der Waals surface area contributed by atoms with Gasteiger partial charge in [-0.2, -0.15) is 4.31 Å². The minimum Gasteiger partial charge on any atom is -0.452 e. The summed E-state index contributed by atoms with van der Waals surface area (Å²) in [5, 5.41) is 8.90. The molecule has 102 valence electrons. The number of rotatable bonds is 7. The predicted molar refractivity (Wildman–Crippen MR) is 70.3 cm³/mol. The van der Waals surface area contributed by atoms with Crippen molar-refractivity contribution >= 4 is 26.0 Å². The van der Waals surface area contributed by atoms with Crippen molar-refractivity contribution in [1.82, 2.24) is 4.31 Å². The molecule has 1 aromatic heterocycles. The largest absolute Gasteiger partial charge is 0.452 e. The van der Waals surface area contributed by atoms with Gasteiger partial charge in [-0.05, 0) is 15.9 Å². The van der Waals surface area contributed by atoms with Crippen LogP contribution < -0.4 is 5.73 Å². The molecule has 0 fully saturated rings. The number of halogens is 1. The van der Waals surface area contributed by atoms with Crippen molar-refractivity contribution < 1.29 is 17.9 Å². The van der Waals surface area contributed by atoms with Crippen LogP contribution in [0, 0.1) is 0 Å². The highest BCUT2D eigenvalue weighted by Crippen LogP contribution is 2.28. The summed E-state index contributed by atoms with van der Waals surface area (Å²) >= 11 is 3.05. The van der Waals surface area contributed by atoms with Gasteiger partial charge >= 0.3 is 0 Å². The summed E-state index contributed by atoms with van der Waals surface area (Å²) in [7, 11) is -3.74. The Morgan fingerprint density at radius 1 is 1.61 bits per heavy atom. The molecule has 1 rings (SSSR count). The molecule has 0 unspecified atom stereocenters. The first-order valence-corrected chi connectivity index (χ1v) is 7.40. The minimum atomic E-state index is -3.74. The zero-order valence-electron chi connectivity index (χ0n) is 9.67. The van der Waals surface area contributed by atoms with E-state index in [1.165, 1.54) is 12.1 Å². The highest BCUT2D eigenvalue weighted by atomic mass is 79.9. The number of aliphatic hydroxyl groups excluding tert-OH is 1. The third-order valence-corrected chi connectivity index (χ3v) is 4.93. The maximum atomic E-state index is 12.3. The van der Waals surface area contributed by atoms with Crippen LogP contribution in [0.25, 0.3) is 0 Å². The van der Waals surface area contributed by atoms with E-state index in [-0.39, 0.29) is 35.8 Å². The van der Waals surface area contributed by atoms with E-state index in [4.69, 9.17) is 15.3 Å². The molecule has 0 aliphatic heterocycles. The Bertz CT molecular complexity index is 512. The summed E-state index contributed by atoms with van der Waals surface area (Å²) in [6, 6.07) is 1.37. The van der Waals surface area contributed by atoms with Crippen LogP contribution in [0.1, 0.15) is 5.76 Å². The molecule has 3 N–H and O–H groups in total. The lowest BCUT2D eigenvalue weighted by Crippen LogP contribution is -2.33. The second-order valence-corrected chi connectivity index (χ2v) is 6.06. The van der Waals surface area contributed by atoms with Gasteiger partial charge in [-0.1, -0.05) is 6.08 Å². The Kier molecular flexibility index (Phi) is 5.54. The first kappa shape index (κ1) is 15.4. The number of nitrogens with two attached hydrogens (primary N) is 1. The molecule has 1 heterocycles. The highest BCUT2D eigenvalue weighted by molar-refractivity contribution is 9.10. The number of furan rings is 1. The average Bonchev–Trinajstić information content (AvgIpc) is 2.71. The third-order valence-electron chi connectivity index (χ3n) is 2.21. The molecule has 0 saturated carbocycles. The van der Waals surface area contributed by atoms with Gasteiger partial charge in [-0.3, -0.25) is 0 Å². The maximum Gasteiger partial charge on any atom is 0.247 e. The van der Waals surface area contributed by atoms with Gasteiger partial charge < -0.3 is 15.3 Å². The molecular formula is C10H15BrN2O4S. The second-order valence-electron chi connectivity index (χ2n) is 3.43. The molecule has 1 aromatic rings. The zero-order chi connectivity index (χ0) is 13.8. The van der Waals surface area contributed by atoms with E-state index >= 15 is 0 Å². The molecule has 0 spiro atoms. The van der Waals surface area contributed by atoms with Crippen molar-refractivity contribution in [2.24, 2.45) is 5.73 Å². The van der Waals surface area contributed by atoms with Crippen LogP contribution in [0.15, 0.2) is 32.7 Å². The number of nitrogens with zero attached hydrogens (tertiary/aromatic N) is 1. The standard InChI is InChI=1S/C10H15BrN2O4S/c1-2-3-13(4-5-14)18(15,16)9-6-8(7-12)17-10(9)11/h2,6,14H,1,3-5,7,12H2. The first-order valence-electron chi connectivity index (χ1n) is 5.17. The van der Waals surface area contributed by atoms with Crippen molar-refractivity contribution in [3.05, 3.63) is 29.2 Å². The van der Waals surface area contributed by atoms with E-state index < -0.39 is 10.0 Å². The van der Waals surface area contributed by atoms with Crippen LogP contribution in [0.4, 0.5) is 0 Å². The van der Waals surface area contributed by atoms with Gasteiger partial charge in [0.2, 0.25) is 10.0 Å². The summed E-state index contributed by atoms with van der Waals surface area (Å²) in [4.78, 5) is -0.00162. The molecule has 0 aliphatic rings. The fraction of sp³-hybridized carbons (Fsp3) is 0.400.